The third-order valence-electron chi connectivity index (χ3n) is 3.66. The van der Waals surface area contributed by atoms with Crippen LogP contribution in [0.4, 0.5) is 0 Å². The fraction of sp³-hybridized carbons (Fsp3) is 1.00. The molecule has 1 heterocycles. The van der Waals surface area contributed by atoms with Crippen LogP contribution >= 0.6 is 0 Å². The molecule has 2 heteroatoms. The molecule has 0 saturated carbocycles. The van der Waals surface area contributed by atoms with E-state index in [1.165, 1.54) is 71.1 Å². The molecule has 0 aromatic carbocycles. The Hall–Kier alpha value is -0.0800. The summed E-state index contributed by atoms with van der Waals surface area (Å²) in [6.07, 6.45) is 9.67. The first kappa shape index (κ1) is 14.0. The van der Waals surface area contributed by atoms with Gasteiger partial charge in [-0.25, -0.2) is 0 Å². The molecule has 2 nitrogen and oxygen atoms in total. The van der Waals surface area contributed by atoms with Crippen LogP contribution in [0.5, 0.6) is 0 Å². The summed E-state index contributed by atoms with van der Waals surface area (Å²) >= 11 is 0. The zero-order valence-corrected chi connectivity index (χ0v) is 11.3. The molecule has 0 aliphatic carbocycles. The first-order valence-corrected chi connectivity index (χ1v) is 7.33. The van der Waals surface area contributed by atoms with Crippen molar-refractivity contribution in [1.29, 1.82) is 0 Å². The monoisotopic (exact) mass is 226 g/mol. The molecule has 0 aromatic rings. The Bertz CT molecular complexity index is 141. The largest absolute Gasteiger partial charge is 0.314 e. The van der Waals surface area contributed by atoms with Crippen LogP contribution in [0.15, 0.2) is 0 Å². The van der Waals surface area contributed by atoms with Gasteiger partial charge in [0.1, 0.15) is 0 Å². The van der Waals surface area contributed by atoms with Crippen molar-refractivity contribution in [2.75, 3.05) is 26.2 Å². The maximum atomic E-state index is 3.54. The minimum atomic E-state index is 0.817. The molecule has 1 unspecified atom stereocenters. The quantitative estimate of drug-likeness (QED) is 0.640. The summed E-state index contributed by atoms with van der Waals surface area (Å²) in [5.41, 5.74) is 0. The Morgan fingerprint density at radius 2 is 1.81 bits per heavy atom. The van der Waals surface area contributed by atoms with Crippen molar-refractivity contribution < 1.29 is 0 Å². The minimum Gasteiger partial charge on any atom is -0.314 e. The van der Waals surface area contributed by atoms with Crippen LogP contribution in [0.1, 0.15) is 58.8 Å². The van der Waals surface area contributed by atoms with Gasteiger partial charge in [0.25, 0.3) is 0 Å². The van der Waals surface area contributed by atoms with Crippen LogP contribution in [-0.4, -0.2) is 37.1 Å². The van der Waals surface area contributed by atoms with Gasteiger partial charge in [-0.3, -0.25) is 4.90 Å². The number of rotatable bonds is 8. The molecule has 1 rings (SSSR count). The van der Waals surface area contributed by atoms with Gasteiger partial charge in [-0.2, -0.15) is 0 Å². The van der Waals surface area contributed by atoms with Gasteiger partial charge in [0.2, 0.25) is 0 Å². The molecule has 0 amide bonds. The molecule has 0 bridgehead atoms. The highest BCUT2D eigenvalue weighted by Crippen LogP contribution is 2.13. The number of nitrogens with zero attached hydrogens (tertiary/aromatic N) is 1. The lowest BCUT2D eigenvalue weighted by atomic mass is 10.0. The molecular formula is C14H30N2. The highest BCUT2D eigenvalue weighted by Gasteiger charge is 2.20. The van der Waals surface area contributed by atoms with Gasteiger partial charge >= 0.3 is 0 Å². The number of piperazine rings is 1. The second-order valence-electron chi connectivity index (χ2n) is 5.10. The van der Waals surface area contributed by atoms with Gasteiger partial charge in [-0.15, -0.1) is 0 Å². The summed E-state index contributed by atoms with van der Waals surface area (Å²) in [7, 11) is 0. The summed E-state index contributed by atoms with van der Waals surface area (Å²) in [5, 5.41) is 3.54. The van der Waals surface area contributed by atoms with Crippen LogP contribution in [0.25, 0.3) is 0 Å². The van der Waals surface area contributed by atoms with Crippen LogP contribution < -0.4 is 5.32 Å². The summed E-state index contributed by atoms with van der Waals surface area (Å²) in [6.45, 7) is 9.58. The maximum absolute atomic E-state index is 3.54. The first-order chi connectivity index (χ1) is 7.88. The Labute approximate surface area is 102 Å². The van der Waals surface area contributed by atoms with E-state index in [1.807, 2.05) is 0 Å². The van der Waals surface area contributed by atoms with Crippen LogP contribution in [0.3, 0.4) is 0 Å². The lowest BCUT2D eigenvalue weighted by Gasteiger charge is -2.36. The van der Waals surface area contributed by atoms with E-state index >= 15 is 0 Å². The molecule has 16 heavy (non-hydrogen) atoms. The Balaban J connectivity index is 2.20. The maximum Gasteiger partial charge on any atom is 0.0221 e. The molecule has 0 aromatic heterocycles. The van der Waals surface area contributed by atoms with Gasteiger partial charge in [0.05, 0.1) is 0 Å². The number of hydrogen-bond acceptors (Lipinski definition) is 2. The van der Waals surface area contributed by atoms with Crippen molar-refractivity contribution in [3.8, 4) is 0 Å². The highest BCUT2D eigenvalue weighted by molar-refractivity contribution is 4.79. The van der Waals surface area contributed by atoms with E-state index in [0.717, 1.165) is 6.04 Å². The lowest BCUT2D eigenvalue weighted by molar-refractivity contribution is 0.148. The predicted octanol–water partition coefficient (Wildman–Crippen LogP) is 3.03. The van der Waals surface area contributed by atoms with E-state index in [-0.39, 0.29) is 0 Å². The van der Waals surface area contributed by atoms with Crippen molar-refractivity contribution in [1.82, 2.24) is 10.2 Å². The molecular weight excluding hydrogens is 196 g/mol. The molecule has 1 aliphatic heterocycles. The topological polar surface area (TPSA) is 15.3 Å². The van der Waals surface area contributed by atoms with E-state index < -0.39 is 0 Å². The second kappa shape index (κ2) is 9.00. The average Bonchev–Trinajstić information content (AvgIpc) is 2.32. The SMILES string of the molecule is CCCCCC1CNCCN1CCCCC. The average molecular weight is 226 g/mol. The third kappa shape index (κ3) is 5.31. The van der Waals surface area contributed by atoms with Crippen LogP contribution in [-0.2, 0) is 0 Å². The molecule has 1 saturated heterocycles. The van der Waals surface area contributed by atoms with E-state index in [1.54, 1.807) is 0 Å². The van der Waals surface area contributed by atoms with Gasteiger partial charge in [0, 0.05) is 25.7 Å². The van der Waals surface area contributed by atoms with Crippen molar-refractivity contribution in [3.05, 3.63) is 0 Å². The Kier molecular flexibility index (Phi) is 7.87. The van der Waals surface area contributed by atoms with Gasteiger partial charge in [0.15, 0.2) is 0 Å². The minimum absolute atomic E-state index is 0.817. The molecule has 1 aliphatic rings. The molecule has 0 radical (unpaired) electrons. The first-order valence-electron chi connectivity index (χ1n) is 7.33. The van der Waals surface area contributed by atoms with Crippen molar-refractivity contribution in [2.24, 2.45) is 0 Å². The normalized spacial score (nSPS) is 22.5. The van der Waals surface area contributed by atoms with E-state index in [0.29, 0.717) is 0 Å². The van der Waals surface area contributed by atoms with Crippen molar-refractivity contribution in [3.63, 3.8) is 0 Å². The third-order valence-corrected chi connectivity index (χ3v) is 3.66. The molecule has 1 N–H and O–H groups in total. The summed E-state index contributed by atoms with van der Waals surface area (Å²) < 4.78 is 0. The summed E-state index contributed by atoms with van der Waals surface area (Å²) in [4.78, 5) is 2.72. The van der Waals surface area contributed by atoms with E-state index in [2.05, 4.69) is 24.1 Å². The van der Waals surface area contributed by atoms with Crippen molar-refractivity contribution >= 4 is 0 Å². The number of hydrogen-bond donors (Lipinski definition) is 1. The fourth-order valence-electron chi connectivity index (χ4n) is 2.58. The molecule has 1 fully saturated rings. The fourth-order valence-corrected chi connectivity index (χ4v) is 2.58. The van der Waals surface area contributed by atoms with E-state index in [4.69, 9.17) is 0 Å². The second-order valence-corrected chi connectivity index (χ2v) is 5.10. The van der Waals surface area contributed by atoms with Gasteiger partial charge in [-0.05, 0) is 19.4 Å². The standard InChI is InChI=1S/C14H30N2/c1-3-5-7-9-14-13-15-10-12-16(14)11-8-6-4-2/h14-15H,3-13H2,1-2H3. The zero-order valence-electron chi connectivity index (χ0n) is 11.3. The highest BCUT2D eigenvalue weighted by atomic mass is 15.2. The predicted molar refractivity (Wildman–Crippen MR) is 71.9 cm³/mol. The van der Waals surface area contributed by atoms with E-state index in [9.17, 15) is 0 Å². The van der Waals surface area contributed by atoms with Gasteiger partial charge < -0.3 is 5.32 Å². The molecule has 96 valence electrons. The number of unbranched alkanes of at least 4 members (excludes halogenated alkanes) is 4. The Morgan fingerprint density at radius 1 is 1.06 bits per heavy atom. The van der Waals surface area contributed by atoms with Crippen LogP contribution in [0, 0.1) is 0 Å². The number of nitrogens with one attached hydrogen (secondary N) is 1. The molecule has 1 atom stereocenters. The summed E-state index contributed by atoms with van der Waals surface area (Å²) in [5.74, 6) is 0. The smallest absolute Gasteiger partial charge is 0.0221 e. The lowest BCUT2D eigenvalue weighted by Crippen LogP contribution is -2.51. The molecule has 0 spiro atoms. The summed E-state index contributed by atoms with van der Waals surface area (Å²) in [6, 6.07) is 0.817. The zero-order chi connectivity index (χ0) is 11.6. The van der Waals surface area contributed by atoms with Gasteiger partial charge in [-0.1, -0.05) is 46.0 Å². The Morgan fingerprint density at radius 3 is 2.56 bits per heavy atom. The van der Waals surface area contributed by atoms with Crippen LogP contribution in [0.2, 0.25) is 0 Å². The van der Waals surface area contributed by atoms with Crippen molar-refractivity contribution in [2.45, 2.75) is 64.8 Å².